The minimum atomic E-state index is -1.22. The molecule has 0 fully saturated rings. The number of rotatable bonds is 4. The molecule has 0 heterocycles. The number of hydrogen-bond donors (Lipinski definition) is 2. The Morgan fingerprint density at radius 1 is 1.43 bits per heavy atom. The van der Waals surface area contributed by atoms with E-state index in [0.717, 1.165) is 0 Å². The Kier molecular flexibility index (Phi) is 5.71. The first-order valence-corrected chi connectivity index (χ1v) is 7.04. The third kappa shape index (κ3) is 5.71. The Hall–Kier alpha value is -1.63. The number of hydrogen-bond acceptors (Lipinski definition) is 3. The van der Waals surface area contributed by atoms with Gasteiger partial charge in [0, 0.05) is 6.42 Å². The van der Waals surface area contributed by atoms with Crippen molar-refractivity contribution >= 4 is 28.0 Å². The summed E-state index contributed by atoms with van der Waals surface area (Å²) in [7, 11) is 0. The molecule has 0 saturated heterocycles. The summed E-state index contributed by atoms with van der Waals surface area (Å²) in [6.45, 7) is 5.02. The SMILES string of the molecule is CC(C)(C)OC(=O)NC(Cc1cccc(F)c1Br)C(=O)O. The van der Waals surface area contributed by atoms with Gasteiger partial charge in [-0.3, -0.25) is 0 Å². The number of carboxylic acids is 1. The highest BCUT2D eigenvalue weighted by Crippen LogP contribution is 2.21. The summed E-state index contributed by atoms with van der Waals surface area (Å²) in [5.41, 5.74) is -0.287. The van der Waals surface area contributed by atoms with Gasteiger partial charge in [-0.15, -0.1) is 0 Å². The number of alkyl carbamates (subject to hydrolysis) is 1. The van der Waals surface area contributed by atoms with Gasteiger partial charge < -0.3 is 15.2 Å². The molecule has 0 aromatic heterocycles. The van der Waals surface area contributed by atoms with Gasteiger partial charge in [-0.25, -0.2) is 14.0 Å². The molecule has 1 aromatic rings. The standard InChI is InChI=1S/C14H17BrFNO4/c1-14(2,3)21-13(20)17-10(12(18)19)7-8-5-4-6-9(16)11(8)15/h4-6,10H,7H2,1-3H3,(H,17,20)(H,18,19). The number of carboxylic acid groups (broad SMARTS) is 1. The lowest BCUT2D eigenvalue weighted by molar-refractivity contribution is -0.139. The molecule has 116 valence electrons. The van der Waals surface area contributed by atoms with E-state index < -0.39 is 29.5 Å². The first-order valence-electron chi connectivity index (χ1n) is 6.25. The smallest absolute Gasteiger partial charge is 0.408 e. The van der Waals surface area contributed by atoms with Crippen LogP contribution < -0.4 is 5.32 Å². The lowest BCUT2D eigenvalue weighted by Gasteiger charge is -2.22. The monoisotopic (exact) mass is 361 g/mol. The summed E-state index contributed by atoms with van der Waals surface area (Å²) in [6, 6.07) is 3.10. The Balaban J connectivity index is 2.82. The van der Waals surface area contributed by atoms with Gasteiger partial charge in [-0.05, 0) is 48.3 Å². The average Bonchev–Trinajstić information content (AvgIpc) is 2.31. The molecule has 1 amide bonds. The van der Waals surface area contributed by atoms with Gasteiger partial charge >= 0.3 is 12.1 Å². The van der Waals surface area contributed by atoms with Crippen LogP contribution in [0.25, 0.3) is 0 Å². The fraction of sp³-hybridized carbons (Fsp3) is 0.429. The molecule has 2 N–H and O–H groups in total. The van der Waals surface area contributed by atoms with Crippen LogP contribution in [0.2, 0.25) is 0 Å². The summed E-state index contributed by atoms with van der Waals surface area (Å²) < 4.78 is 18.6. The number of amides is 1. The van der Waals surface area contributed by atoms with Gasteiger partial charge in [0.25, 0.3) is 0 Å². The summed E-state index contributed by atoms with van der Waals surface area (Å²) >= 11 is 3.06. The van der Waals surface area contributed by atoms with Crippen LogP contribution in [0.15, 0.2) is 22.7 Å². The highest BCUT2D eigenvalue weighted by molar-refractivity contribution is 9.10. The number of carbonyl (C=O) groups is 2. The second-order valence-corrected chi connectivity index (χ2v) is 6.25. The van der Waals surface area contributed by atoms with Gasteiger partial charge in [0.2, 0.25) is 0 Å². The fourth-order valence-corrected chi connectivity index (χ4v) is 2.00. The van der Waals surface area contributed by atoms with Gasteiger partial charge in [-0.2, -0.15) is 0 Å². The van der Waals surface area contributed by atoms with E-state index in [1.54, 1.807) is 26.8 Å². The van der Waals surface area contributed by atoms with Crippen molar-refractivity contribution in [3.8, 4) is 0 Å². The highest BCUT2D eigenvalue weighted by atomic mass is 79.9. The maximum Gasteiger partial charge on any atom is 0.408 e. The third-order valence-electron chi connectivity index (χ3n) is 2.44. The molecule has 0 spiro atoms. The van der Waals surface area contributed by atoms with E-state index >= 15 is 0 Å². The normalized spacial score (nSPS) is 12.6. The molecule has 0 radical (unpaired) electrons. The van der Waals surface area contributed by atoms with E-state index in [1.807, 2.05) is 0 Å². The van der Waals surface area contributed by atoms with Crippen molar-refractivity contribution in [1.29, 1.82) is 0 Å². The zero-order valence-corrected chi connectivity index (χ0v) is 13.5. The van der Waals surface area contributed by atoms with E-state index in [0.29, 0.717) is 5.56 Å². The third-order valence-corrected chi connectivity index (χ3v) is 3.33. The van der Waals surface area contributed by atoms with Crippen molar-refractivity contribution in [2.75, 3.05) is 0 Å². The van der Waals surface area contributed by atoms with E-state index in [2.05, 4.69) is 21.2 Å². The van der Waals surface area contributed by atoms with Crippen LogP contribution in [0.4, 0.5) is 9.18 Å². The van der Waals surface area contributed by atoms with Crippen LogP contribution in [0.3, 0.4) is 0 Å². The molecular formula is C14H17BrFNO4. The zero-order chi connectivity index (χ0) is 16.2. The van der Waals surface area contributed by atoms with E-state index in [4.69, 9.17) is 9.84 Å². The van der Waals surface area contributed by atoms with Crippen LogP contribution in [0, 0.1) is 5.82 Å². The van der Waals surface area contributed by atoms with Crippen molar-refractivity contribution in [1.82, 2.24) is 5.32 Å². The number of benzene rings is 1. The summed E-state index contributed by atoms with van der Waals surface area (Å²) in [4.78, 5) is 22.9. The second-order valence-electron chi connectivity index (χ2n) is 5.45. The molecule has 1 rings (SSSR count). The van der Waals surface area contributed by atoms with Crippen molar-refractivity contribution in [3.05, 3.63) is 34.1 Å². The molecule has 1 atom stereocenters. The number of carbonyl (C=O) groups excluding carboxylic acids is 1. The molecule has 0 aliphatic heterocycles. The molecule has 1 aromatic carbocycles. The Morgan fingerprint density at radius 2 is 2.05 bits per heavy atom. The highest BCUT2D eigenvalue weighted by Gasteiger charge is 2.25. The second kappa shape index (κ2) is 6.89. The number of nitrogens with one attached hydrogen (secondary N) is 1. The molecule has 21 heavy (non-hydrogen) atoms. The molecule has 0 aliphatic rings. The van der Waals surface area contributed by atoms with Crippen molar-refractivity contribution in [3.63, 3.8) is 0 Å². The van der Waals surface area contributed by atoms with Gasteiger partial charge in [-0.1, -0.05) is 12.1 Å². The number of aliphatic carboxylic acids is 1. The van der Waals surface area contributed by atoms with Crippen LogP contribution in [0.1, 0.15) is 26.3 Å². The van der Waals surface area contributed by atoms with Crippen molar-refractivity contribution in [2.45, 2.75) is 38.8 Å². The molecule has 0 saturated carbocycles. The fourth-order valence-electron chi connectivity index (χ4n) is 1.58. The molecule has 7 heteroatoms. The van der Waals surface area contributed by atoms with Crippen LogP contribution in [-0.4, -0.2) is 28.8 Å². The van der Waals surface area contributed by atoms with Crippen LogP contribution in [0.5, 0.6) is 0 Å². The van der Waals surface area contributed by atoms with Gasteiger partial charge in [0.05, 0.1) is 4.47 Å². The van der Waals surface area contributed by atoms with Crippen molar-refractivity contribution in [2.24, 2.45) is 0 Å². The predicted molar refractivity (Wildman–Crippen MR) is 78.6 cm³/mol. The summed E-state index contributed by atoms with van der Waals surface area (Å²) in [6.07, 6.45) is -0.894. The van der Waals surface area contributed by atoms with E-state index in [1.165, 1.54) is 12.1 Å². The Morgan fingerprint density at radius 3 is 2.57 bits per heavy atom. The lowest BCUT2D eigenvalue weighted by atomic mass is 10.1. The minimum absolute atomic E-state index is 0.0626. The topological polar surface area (TPSA) is 75.6 Å². The molecular weight excluding hydrogens is 345 g/mol. The molecule has 0 aliphatic carbocycles. The predicted octanol–water partition coefficient (Wildman–Crippen LogP) is 3.11. The number of halogens is 2. The first kappa shape index (κ1) is 17.4. The van der Waals surface area contributed by atoms with Crippen molar-refractivity contribution < 1.29 is 23.8 Å². The zero-order valence-electron chi connectivity index (χ0n) is 11.9. The quantitative estimate of drug-likeness (QED) is 0.863. The van der Waals surface area contributed by atoms with E-state index in [9.17, 15) is 14.0 Å². The van der Waals surface area contributed by atoms with Crippen LogP contribution in [-0.2, 0) is 16.0 Å². The largest absolute Gasteiger partial charge is 0.480 e. The summed E-state index contributed by atoms with van der Waals surface area (Å²) in [5.74, 6) is -1.72. The Labute approximate surface area is 130 Å². The first-order chi connectivity index (χ1) is 9.60. The maximum atomic E-state index is 13.4. The molecule has 0 bridgehead atoms. The van der Waals surface area contributed by atoms with Crippen LogP contribution >= 0.6 is 15.9 Å². The van der Waals surface area contributed by atoms with Gasteiger partial charge in [0.15, 0.2) is 0 Å². The van der Waals surface area contributed by atoms with E-state index in [-0.39, 0.29) is 10.9 Å². The number of ether oxygens (including phenoxy) is 1. The maximum absolute atomic E-state index is 13.4. The lowest BCUT2D eigenvalue weighted by Crippen LogP contribution is -2.44. The summed E-state index contributed by atoms with van der Waals surface area (Å²) in [5, 5.41) is 11.4. The molecule has 1 unspecified atom stereocenters. The van der Waals surface area contributed by atoms with Gasteiger partial charge in [0.1, 0.15) is 17.5 Å². The average molecular weight is 362 g/mol. The molecule has 5 nitrogen and oxygen atoms in total. The minimum Gasteiger partial charge on any atom is -0.480 e. The Bertz CT molecular complexity index is 542.